The minimum Gasteiger partial charge on any atom is -0.483 e. The molecule has 0 N–H and O–H groups in total. The standard InChI is InChI=1S/C6H8O3/c1-4-5(2)9-6(7)3-8-4/h3H2,1-2H3. The molecule has 1 aliphatic heterocycles. The fraction of sp³-hybridized carbons (Fsp3) is 0.500. The molecule has 0 amide bonds. The second-order valence-corrected chi connectivity index (χ2v) is 1.88. The number of esters is 1. The van der Waals surface area contributed by atoms with Gasteiger partial charge in [0.15, 0.2) is 6.61 Å². The number of carbonyl (C=O) groups excluding carboxylic acids is 1. The summed E-state index contributed by atoms with van der Waals surface area (Å²) in [5.74, 6) is 0.930. The molecule has 0 radical (unpaired) electrons. The molecule has 1 aliphatic rings. The van der Waals surface area contributed by atoms with Gasteiger partial charge in [0.25, 0.3) is 0 Å². The Morgan fingerprint density at radius 3 is 2.44 bits per heavy atom. The second-order valence-electron chi connectivity index (χ2n) is 1.88. The van der Waals surface area contributed by atoms with Crippen LogP contribution < -0.4 is 0 Å². The summed E-state index contributed by atoms with van der Waals surface area (Å²) in [4.78, 5) is 10.4. The molecule has 1 rings (SSSR count). The van der Waals surface area contributed by atoms with Gasteiger partial charge in [0.05, 0.1) is 0 Å². The predicted molar refractivity (Wildman–Crippen MR) is 30.4 cm³/mol. The number of cyclic esters (lactones) is 1. The Balaban J connectivity index is 2.72. The number of rotatable bonds is 0. The van der Waals surface area contributed by atoms with Crippen molar-refractivity contribution < 1.29 is 14.3 Å². The van der Waals surface area contributed by atoms with Crippen molar-refractivity contribution in [3.05, 3.63) is 11.5 Å². The first kappa shape index (κ1) is 6.13. The van der Waals surface area contributed by atoms with Crippen LogP contribution in [0.25, 0.3) is 0 Å². The zero-order valence-electron chi connectivity index (χ0n) is 5.43. The molecular weight excluding hydrogens is 120 g/mol. The zero-order chi connectivity index (χ0) is 6.85. The fourth-order valence-electron chi connectivity index (χ4n) is 0.541. The van der Waals surface area contributed by atoms with Crippen LogP contribution in [0.2, 0.25) is 0 Å². The smallest absolute Gasteiger partial charge is 0.349 e. The van der Waals surface area contributed by atoms with E-state index in [1.165, 1.54) is 0 Å². The zero-order valence-corrected chi connectivity index (χ0v) is 5.43. The lowest BCUT2D eigenvalue weighted by Gasteiger charge is -2.14. The van der Waals surface area contributed by atoms with E-state index in [4.69, 9.17) is 9.47 Å². The van der Waals surface area contributed by atoms with Crippen LogP contribution in [0.3, 0.4) is 0 Å². The maximum Gasteiger partial charge on any atom is 0.349 e. The number of ether oxygens (including phenoxy) is 2. The topological polar surface area (TPSA) is 35.5 Å². The number of hydrogen-bond acceptors (Lipinski definition) is 3. The SMILES string of the molecule is CC1=C(C)OC(=O)CO1. The summed E-state index contributed by atoms with van der Waals surface area (Å²) >= 11 is 0. The highest BCUT2D eigenvalue weighted by Crippen LogP contribution is 2.11. The van der Waals surface area contributed by atoms with Crippen molar-refractivity contribution in [2.45, 2.75) is 13.8 Å². The van der Waals surface area contributed by atoms with Crippen LogP contribution in [0.15, 0.2) is 11.5 Å². The molecule has 0 unspecified atom stereocenters. The summed E-state index contributed by atoms with van der Waals surface area (Å²) in [6.45, 7) is 3.51. The molecule has 3 heteroatoms. The molecule has 0 saturated heterocycles. The first-order valence-electron chi connectivity index (χ1n) is 2.71. The van der Waals surface area contributed by atoms with Gasteiger partial charge in [-0.3, -0.25) is 0 Å². The van der Waals surface area contributed by atoms with Gasteiger partial charge in [0.1, 0.15) is 11.5 Å². The molecule has 1 heterocycles. The van der Waals surface area contributed by atoms with E-state index in [1.54, 1.807) is 13.8 Å². The third-order valence-corrected chi connectivity index (χ3v) is 1.17. The monoisotopic (exact) mass is 128 g/mol. The normalized spacial score (nSPS) is 19.1. The Kier molecular flexibility index (Phi) is 1.42. The van der Waals surface area contributed by atoms with Crippen LogP contribution in [-0.4, -0.2) is 12.6 Å². The molecule has 0 aliphatic carbocycles. The molecular formula is C6H8O3. The van der Waals surface area contributed by atoms with Gasteiger partial charge in [-0.15, -0.1) is 0 Å². The van der Waals surface area contributed by atoms with Crippen LogP contribution in [0.4, 0.5) is 0 Å². The number of carbonyl (C=O) groups is 1. The lowest BCUT2D eigenvalue weighted by Crippen LogP contribution is -2.17. The van der Waals surface area contributed by atoms with Gasteiger partial charge in [-0.25, -0.2) is 4.79 Å². The molecule has 9 heavy (non-hydrogen) atoms. The summed E-state index contributed by atoms with van der Waals surface area (Å²) in [5.41, 5.74) is 0. The van der Waals surface area contributed by atoms with Gasteiger partial charge in [0.2, 0.25) is 0 Å². The molecule has 0 aromatic carbocycles. The molecule has 0 atom stereocenters. The van der Waals surface area contributed by atoms with E-state index in [0.717, 1.165) is 0 Å². The van der Waals surface area contributed by atoms with E-state index >= 15 is 0 Å². The Bertz CT molecular complexity index is 169. The summed E-state index contributed by atoms with van der Waals surface area (Å²) in [6, 6.07) is 0. The van der Waals surface area contributed by atoms with Gasteiger partial charge in [-0.2, -0.15) is 0 Å². The van der Waals surface area contributed by atoms with Crippen LogP contribution in [0.5, 0.6) is 0 Å². The lowest BCUT2D eigenvalue weighted by atomic mass is 10.4. The largest absolute Gasteiger partial charge is 0.483 e. The van der Waals surface area contributed by atoms with Crippen molar-refractivity contribution in [2.24, 2.45) is 0 Å². The van der Waals surface area contributed by atoms with E-state index < -0.39 is 0 Å². The van der Waals surface area contributed by atoms with Crippen molar-refractivity contribution in [1.29, 1.82) is 0 Å². The maximum absolute atomic E-state index is 10.4. The van der Waals surface area contributed by atoms with Crippen LogP contribution >= 0.6 is 0 Å². The Hall–Kier alpha value is -0.990. The Morgan fingerprint density at radius 2 is 2.00 bits per heavy atom. The van der Waals surface area contributed by atoms with Gasteiger partial charge in [-0.05, 0) is 13.8 Å². The van der Waals surface area contributed by atoms with Gasteiger partial charge < -0.3 is 9.47 Å². The van der Waals surface area contributed by atoms with Gasteiger partial charge in [-0.1, -0.05) is 0 Å². The molecule has 0 saturated carbocycles. The predicted octanol–water partition coefficient (Wildman–Crippen LogP) is 0.811. The number of hydrogen-bond donors (Lipinski definition) is 0. The summed E-state index contributed by atoms with van der Waals surface area (Å²) in [5, 5.41) is 0. The second kappa shape index (κ2) is 2.09. The lowest BCUT2D eigenvalue weighted by molar-refractivity contribution is -0.147. The molecule has 0 aromatic rings. The summed E-state index contributed by atoms with van der Waals surface area (Å²) in [6.07, 6.45) is 0. The maximum atomic E-state index is 10.4. The van der Waals surface area contributed by atoms with Gasteiger partial charge >= 0.3 is 5.97 Å². The third kappa shape index (κ3) is 1.22. The van der Waals surface area contributed by atoms with Crippen LogP contribution in [-0.2, 0) is 14.3 Å². The van der Waals surface area contributed by atoms with E-state index in [2.05, 4.69) is 0 Å². The average molecular weight is 128 g/mol. The van der Waals surface area contributed by atoms with Crippen LogP contribution in [0, 0.1) is 0 Å². The van der Waals surface area contributed by atoms with Crippen molar-refractivity contribution in [2.75, 3.05) is 6.61 Å². The Labute approximate surface area is 53.3 Å². The van der Waals surface area contributed by atoms with E-state index in [-0.39, 0.29) is 12.6 Å². The molecule has 0 aromatic heterocycles. The molecule has 3 nitrogen and oxygen atoms in total. The van der Waals surface area contributed by atoms with Gasteiger partial charge in [0, 0.05) is 0 Å². The highest BCUT2D eigenvalue weighted by atomic mass is 16.6. The van der Waals surface area contributed by atoms with E-state index in [9.17, 15) is 4.79 Å². The average Bonchev–Trinajstić information content (AvgIpc) is 1.80. The van der Waals surface area contributed by atoms with Crippen molar-refractivity contribution >= 4 is 5.97 Å². The summed E-state index contributed by atoms with van der Waals surface area (Å²) in [7, 11) is 0. The molecule has 0 bridgehead atoms. The van der Waals surface area contributed by atoms with Crippen molar-refractivity contribution in [3.8, 4) is 0 Å². The fourth-order valence-corrected chi connectivity index (χ4v) is 0.541. The first-order valence-corrected chi connectivity index (χ1v) is 2.71. The molecule has 0 spiro atoms. The minimum absolute atomic E-state index is 0.0448. The minimum atomic E-state index is -0.321. The summed E-state index contributed by atoms with van der Waals surface area (Å²) < 4.78 is 9.62. The van der Waals surface area contributed by atoms with E-state index in [1.807, 2.05) is 0 Å². The van der Waals surface area contributed by atoms with E-state index in [0.29, 0.717) is 11.5 Å². The number of allylic oxidation sites excluding steroid dienone is 2. The van der Waals surface area contributed by atoms with Crippen molar-refractivity contribution in [3.63, 3.8) is 0 Å². The molecule has 50 valence electrons. The first-order chi connectivity index (χ1) is 4.20. The van der Waals surface area contributed by atoms with Crippen molar-refractivity contribution in [1.82, 2.24) is 0 Å². The highest BCUT2D eigenvalue weighted by Gasteiger charge is 2.13. The third-order valence-electron chi connectivity index (χ3n) is 1.17. The Morgan fingerprint density at radius 1 is 1.33 bits per heavy atom. The van der Waals surface area contributed by atoms with Crippen LogP contribution in [0.1, 0.15) is 13.8 Å². The quantitative estimate of drug-likeness (QED) is 0.453. The highest BCUT2D eigenvalue weighted by molar-refractivity contribution is 5.72. The molecule has 0 fully saturated rings.